The Morgan fingerprint density at radius 2 is 2.17 bits per heavy atom. The minimum Gasteiger partial charge on any atom is -0.295 e. The minimum atomic E-state index is 0.270. The fourth-order valence-corrected chi connectivity index (χ4v) is 1.17. The first kappa shape index (κ1) is 11.9. The van der Waals surface area contributed by atoms with Crippen molar-refractivity contribution in [1.29, 1.82) is 0 Å². The maximum absolute atomic E-state index is 11.1. The summed E-state index contributed by atoms with van der Waals surface area (Å²) in [5.41, 5.74) is 0. The Morgan fingerprint density at radius 1 is 1.42 bits per heavy atom. The predicted molar refractivity (Wildman–Crippen MR) is 56.7 cm³/mol. The molecule has 0 amide bonds. The number of hydrogen-bond acceptors (Lipinski definition) is 1. The summed E-state index contributed by atoms with van der Waals surface area (Å²) in [6.07, 6.45) is 8.63. The van der Waals surface area contributed by atoms with Crippen molar-refractivity contribution in [2.45, 2.75) is 39.0 Å². The van der Waals surface area contributed by atoms with E-state index in [9.17, 15) is 4.79 Å². The first-order valence-electron chi connectivity index (χ1n) is 4.56. The molecular formula is C10H17BrO. The van der Waals surface area contributed by atoms with E-state index >= 15 is 0 Å². The van der Waals surface area contributed by atoms with Gasteiger partial charge in [0.25, 0.3) is 0 Å². The van der Waals surface area contributed by atoms with E-state index in [0.29, 0.717) is 6.42 Å². The van der Waals surface area contributed by atoms with Gasteiger partial charge in [-0.3, -0.25) is 4.79 Å². The highest BCUT2D eigenvalue weighted by Crippen LogP contribution is 1.99. The van der Waals surface area contributed by atoms with Gasteiger partial charge in [0.15, 0.2) is 5.78 Å². The van der Waals surface area contributed by atoms with Crippen molar-refractivity contribution in [2.24, 2.45) is 0 Å². The fourth-order valence-electron chi connectivity index (χ4n) is 0.844. The molecule has 0 aromatic heterocycles. The van der Waals surface area contributed by atoms with E-state index in [-0.39, 0.29) is 5.78 Å². The van der Waals surface area contributed by atoms with Crippen LogP contribution in [0.3, 0.4) is 0 Å². The van der Waals surface area contributed by atoms with Crippen LogP contribution in [-0.2, 0) is 4.79 Å². The van der Waals surface area contributed by atoms with Crippen LogP contribution in [0.4, 0.5) is 0 Å². The summed E-state index contributed by atoms with van der Waals surface area (Å²) < 4.78 is 0. The number of ketones is 1. The van der Waals surface area contributed by atoms with Gasteiger partial charge in [-0.05, 0) is 25.3 Å². The third kappa shape index (κ3) is 7.99. The summed E-state index contributed by atoms with van der Waals surface area (Å²) in [6, 6.07) is 0. The van der Waals surface area contributed by atoms with Gasteiger partial charge in [-0.2, -0.15) is 0 Å². The molecule has 0 unspecified atom stereocenters. The standard InChI is InChI=1S/C10H17BrO/c1-2-3-7-10(12)8-5-4-6-9-11/h5,8H,2-4,6-7,9H2,1H3/b8-5+. The number of alkyl halides is 1. The lowest BCUT2D eigenvalue weighted by Gasteiger charge is -1.91. The third-order valence-corrected chi connectivity index (χ3v) is 2.15. The molecule has 2 heteroatoms. The Hall–Kier alpha value is -0.110. The van der Waals surface area contributed by atoms with Gasteiger partial charge in [-0.15, -0.1) is 0 Å². The van der Waals surface area contributed by atoms with Crippen molar-refractivity contribution in [1.82, 2.24) is 0 Å². The highest BCUT2D eigenvalue weighted by molar-refractivity contribution is 9.09. The van der Waals surface area contributed by atoms with Crippen LogP contribution in [-0.4, -0.2) is 11.1 Å². The van der Waals surface area contributed by atoms with E-state index in [1.807, 2.05) is 6.08 Å². The maximum Gasteiger partial charge on any atom is 0.155 e. The van der Waals surface area contributed by atoms with Gasteiger partial charge in [0.1, 0.15) is 0 Å². The Balaban J connectivity index is 3.34. The highest BCUT2D eigenvalue weighted by Gasteiger charge is 1.93. The molecular weight excluding hydrogens is 216 g/mol. The summed E-state index contributed by atoms with van der Waals surface area (Å²) in [6.45, 7) is 2.10. The van der Waals surface area contributed by atoms with E-state index in [4.69, 9.17) is 0 Å². The SMILES string of the molecule is CCCCC(=O)/C=C/CCCBr. The van der Waals surface area contributed by atoms with Gasteiger partial charge < -0.3 is 0 Å². The van der Waals surface area contributed by atoms with Crippen LogP contribution < -0.4 is 0 Å². The first-order chi connectivity index (χ1) is 5.81. The normalized spacial score (nSPS) is 10.8. The van der Waals surface area contributed by atoms with E-state index in [0.717, 1.165) is 31.0 Å². The number of allylic oxidation sites excluding steroid dienone is 2. The van der Waals surface area contributed by atoms with Crippen LogP contribution in [0, 0.1) is 0 Å². The van der Waals surface area contributed by atoms with Crippen LogP contribution in [0.15, 0.2) is 12.2 Å². The molecule has 1 nitrogen and oxygen atoms in total. The molecule has 0 fully saturated rings. The highest BCUT2D eigenvalue weighted by atomic mass is 79.9. The quantitative estimate of drug-likeness (QED) is 0.374. The zero-order valence-electron chi connectivity index (χ0n) is 7.68. The second-order valence-electron chi connectivity index (χ2n) is 2.80. The Morgan fingerprint density at radius 3 is 2.75 bits per heavy atom. The van der Waals surface area contributed by atoms with Crippen molar-refractivity contribution in [2.75, 3.05) is 5.33 Å². The predicted octanol–water partition coefficient (Wildman–Crippen LogP) is 3.48. The molecule has 0 saturated carbocycles. The van der Waals surface area contributed by atoms with E-state index in [2.05, 4.69) is 22.9 Å². The van der Waals surface area contributed by atoms with Gasteiger partial charge in [0, 0.05) is 11.8 Å². The fraction of sp³-hybridized carbons (Fsp3) is 0.700. The molecule has 0 spiro atoms. The molecule has 0 N–H and O–H groups in total. The lowest BCUT2D eigenvalue weighted by atomic mass is 10.1. The Kier molecular flexibility index (Phi) is 8.90. The van der Waals surface area contributed by atoms with Crippen molar-refractivity contribution >= 4 is 21.7 Å². The van der Waals surface area contributed by atoms with E-state index < -0.39 is 0 Å². The lowest BCUT2D eigenvalue weighted by Crippen LogP contribution is -1.91. The molecule has 0 heterocycles. The first-order valence-corrected chi connectivity index (χ1v) is 5.68. The monoisotopic (exact) mass is 232 g/mol. The number of rotatable bonds is 7. The average Bonchev–Trinajstić information content (AvgIpc) is 2.09. The summed E-state index contributed by atoms with van der Waals surface area (Å²) in [7, 11) is 0. The van der Waals surface area contributed by atoms with Crippen molar-refractivity contribution in [3.63, 3.8) is 0 Å². The molecule has 0 radical (unpaired) electrons. The van der Waals surface area contributed by atoms with Crippen molar-refractivity contribution < 1.29 is 4.79 Å². The number of carbonyl (C=O) groups is 1. The van der Waals surface area contributed by atoms with Gasteiger partial charge in [0.05, 0.1) is 0 Å². The summed E-state index contributed by atoms with van der Waals surface area (Å²) >= 11 is 3.34. The topological polar surface area (TPSA) is 17.1 Å². The molecule has 0 aromatic rings. The van der Waals surface area contributed by atoms with Crippen LogP contribution in [0.25, 0.3) is 0 Å². The molecule has 70 valence electrons. The summed E-state index contributed by atoms with van der Waals surface area (Å²) in [5.74, 6) is 0.270. The second kappa shape index (κ2) is 8.98. The zero-order chi connectivity index (χ0) is 9.23. The van der Waals surface area contributed by atoms with Crippen LogP contribution in [0.1, 0.15) is 39.0 Å². The second-order valence-corrected chi connectivity index (χ2v) is 3.60. The Labute approximate surface area is 83.4 Å². The van der Waals surface area contributed by atoms with Gasteiger partial charge in [-0.25, -0.2) is 0 Å². The van der Waals surface area contributed by atoms with E-state index in [1.165, 1.54) is 0 Å². The molecule has 0 aliphatic rings. The van der Waals surface area contributed by atoms with Crippen LogP contribution in [0.5, 0.6) is 0 Å². The molecule has 0 aliphatic carbocycles. The molecule has 0 aliphatic heterocycles. The molecule has 0 atom stereocenters. The van der Waals surface area contributed by atoms with Crippen LogP contribution >= 0.6 is 15.9 Å². The molecule has 0 rings (SSSR count). The molecule has 0 aromatic carbocycles. The van der Waals surface area contributed by atoms with Gasteiger partial charge in [0.2, 0.25) is 0 Å². The Bertz CT molecular complexity index is 141. The summed E-state index contributed by atoms with van der Waals surface area (Å²) in [5, 5.41) is 1.01. The molecule has 0 saturated heterocycles. The van der Waals surface area contributed by atoms with Crippen LogP contribution in [0.2, 0.25) is 0 Å². The third-order valence-electron chi connectivity index (χ3n) is 1.58. The lowest BCUT2D eigenvalue weighted by molar-refractivity contribution is -0.114. The number of hydrogen-bond donors (Lipinski definition) is 0. The van der Waals surface area contributed by atoms with Crippen molar-refractivity contribution in [3.8, 4) is 0 Å². The molecule has 12 heavy (non-hydrogen) atoms. The van der Waals surface area contributed by atoms with Crippen molar-refractivity contribution in [3.05, 3.63) is 12.2 Å². The van der Waals surface area contributed by atoms with Gasteiger partial charge in [-0.1, -0.05) is 35.4 Å². The average molecular weight is 233 g/mol. The maximum atomic E-state index is 11.1. The largest absolute Gasteiger partial charge is 0.295 e. The summed E-state index contributed by atoms with van der Waals surface area (Å²) in [4.78, 5) is 11.1. The number of carbonyl (C=O) groups excluding carboxylic acids is 1. The minimum absolute atomic E-state index is 0.270. The molecule has 0 bridgehead atoms. The number of halogens is 1. The smallest absolute Gasteiger partial charge is 0.155 e. The zero-order valence-corrected chi connectivity index (χ0v) is 9.27. The number of unbranched alkanes of at least 4 members (excludes halogenated alkanes) is 2. The van der Waals surface area contributed by atoms with E-state index in [1.54, 1.807) is 6.08 Å². The van der Waals surface area contributed by atoms with Gasteiger partial charge >= 0.3 is 0 Å².